The summed E-state index contributed by atoms with van der Waals surface area (Å²) in [5.74, 6) is 0.292. The molecule has 0 saturated heterocycles. The van der Waals surface area contributed by atoms with E-state index in [9.17, 15) is 9.59 Å². The second-order valence-electron chi connectivity index (χ2n) is 9.30. The number of rotatable bonds is 14. The minimum absolute atomic E-state index is 0.146. The van der Waals surface area contributed by atoms with Crippen LogP contribution in [-0.2, 0) is 0 Å². The first-order chi connectivity index (χ1) is 16.5. The molecular weight excluding hydrogens is 420 g/mol. The Morgan fingerprint density at radius 2 is 0.971 bits per heavy atom. The lowest BCUT2D eigenvalue weighted by Gasteiger charge is -2.21. The van der Waals surface area contributed by atoms with Gasteiger partial charge in [-0.05, 0) is 85.5 Å². The number of Topliss-reactive ketones (excluding diaryl/α,β-unsaturated/α-hetero) is 2. The molecule has 0 bridgehead atoms. The van der Waals surface area contributed by atoms with Gasteiger partial charge in [0.2, 0.25) is 0 Å². The molecule has 0 aliphatic heterocycles. The first kappa shape index (κ1) is 26.1. The molecule has 0 N–H and O–H groups in total. The van der Waals surface area contributed by atoms with Crippen molar-refractivity contribution in [1.82, 2.24) is 9.80 Å². The van der Waals surface area contributed by atoms with Gasteiger partial charge in [-0.25, -0.2) is 0 Å². The normalized spacial score (nSPS) is 11.7. The minimum Gasteiger partial charge on any atom is -0.296 e. The summed E-state index contributed by atoms with van der Waals surface area (Å²) in [6, 6.07) is 16.1. The van der Waals surface area contributed by atoms with Crippen LogP contribution in [0.3, 0.4) is 0 Å². The Morgan fingerprint density at radius 3 is 1.32 bits per heavy atom. The van der Waals surface area contributed by atoms with E-state index in [0.717, 1.165) is 84.5 Å². The van der Waals surface area contributed by atoms with Gasteiger partial charge in [0.1, 0.15) is 0 Å². The largest absolute Gasteiger partial charge is 0.296 e. The number of carbonyl (C=O) groups is 2. The van der Waals surface area contributed by atoms with E-state index in [1.165, 1.54) is 0 Å². The van der Waals surface area contributed by atoms with Crippen molar-refractivity contribution >= 4 is 33.1 Å². The number of hydrogen-bond donors (Lipinski definition) is 0. The number of benzene rings is 3. The predicted octanol–water partition coefficient (Wildman–Crippen LogP) is 6.60. The van der Waals surface area contributed by atoms with Crippen LogP contribution in [0.15, 0.2) is 48.5 Å². The molecule has 34 heavy (non-hydrogen) atoms. The quantitative estimate of drug-likeness (QED) is 0.201. The first-order valence-corrected chi connectivity index (χ1v) is 13.0. The monoisotopic (exact) mass is 460 g/mol. The van der Waals surface area contributed by atoms with Crippen LogP contribution < -0.4 is 0 Å². The highest BCUT2D eigenvalue weighted by Gasteiger charge is 2.18. The molecule has 0 aliphatic rings. The molecule has 3 rings (SSSR count). The molecule has 4 nitrogen and oxygen atoms in total. The fourth-order valence-corrected chi connectivity index (χ4v) is 4.92. The molecule has 0 saturated carbocycles. The van der Waals surface area contributed by atoms with Crippen molar-refractivity contribution in [3.8, 4) is 0 Å². The van der Waals surface area contributed by atoms with Gasteiger partial charge >= 0.3 is 0 Å². The van der Waals surface area contributed by atoms with Crippen molar-refractivity contribution in [1.29, 1.82) is 0 Å². The average Bonchev–Trinajstić information content (AvgIpc) is 2.82. The van der Waals surface area contributed by atoms with Gasteiger partial charge in [0.15, 0.2) is 11.6 Å². The third-order valence-corrected chi connectivity index (χ3v) is 6.37. The molecule has 0 atom stereocenters. The van der Waals surface area contributed by atoms with E-state index in [4.69, 9.17) is 0 Å². The number of ketones is 2. The Balaban J connectivity index is 2.01. The molecule has 0 fully saturated rings. The molecule has 0 aliphatic carbocycles. The molecule has 0 amide bonds. The molecule has 182 valence electrons. The van der Waals surface area contributed by atoms with E-state index in [-0.39, 0.29) is 11.6 Å². The topological polar surface area (TPSA) is 40.6 Å². The van der Waals surface area contributed by atoms with E-state index in [1.807, 2.05) is 24.3 Å². The van der Waals surface area contributed by atoms with E-state index >= 15 is 0 Å². The smallest absolute Gasteiger partial charge is 0.177 e. The standard InChI is InChI=1S/C30H40N2O2/c1-5-15-31(16-6-2)21-29(33)25-13-9-11-23-19-24-12-10-14-26(28(24)20-27(23)25)30(34)22-32(17-7-3)18-8-4/h9-14,19-20H,5-8,15-18,21-22H2,1-4H3. The van der Waals surface area contributed by atoms with Crippen molar-refractivity contribution in [2.75, 3.05) is 39.3 Å². The molecule has 0 radical (unpaired) electrons. The average molecular weight is 461 g/mol. The maximum Gasteiger partial charge on any atom is 0.177 e. The van der Waals surface area contributed by atoms with Gasteiger partial charge in [0.25, 0.3) is 0 Å². The molecule has 0 aromatic heterocycles. The van der Waals surface area contributed by atoms with Crippen molar-refractivity contribution in [3.05, 3.63) is 59.7 Å². The third kappa shape index (κ3) is 6.31. The first-order valence-electron chi connectivity index (χ1n) is 13.0. The molecule has 0 heterocycles. The predicted molar refractivity (Wildman–Crippen MR) is 144 cm³/mol. The van der Waals surface area contributed by atoms with Gasteiger partial charge < -0.3 is 0 Å². The van der Waals surface area contributed by atoms with E-state index < -0.39 is 0 Å². The maximum atomic E-state index is 13.3. The lowest BCUT2D eigenvalue weighted by molar-refractivity contribution is 0.0924. The summed E-state index contributed by atoms with van der Waals surface area (Å²) in [5, 5.41) is 3.96. The van der Waals surface area contributed by atoms with Crippen LogP contribution in [0, 0.1) is 0 Å². The Kier molecular flexibility index (Phi) is 9.79. The molecule has 3 aromatic rings. The fraction of sp³-hybridized carbons (Fsp3) is 0.467. The number of fused-ring (bicyclic) bond motifs is 2. The van der Waals surface area contributed by atoms with E-state index in [1.54, 1.807) is 0 Å². The highest BCUT2D eigenvalue weighted by molar-refractivity contribution is 6.16. The maximum absolute atomic E-state index is 13.3. The van der Waals surface area contributed by atoms with Crippen LogP contribution in [0.2, 0.25) is 0 Å². The van der Waals surface area contributed by atoms with Gasteiger partial charge in [-0.1, -0.05) is 64.1 Å². The van der Waals surface area contributed by atoms with Gasteiger partial charge in [0.05, 0.1) is 13.1 Å². The highest BCUT2D eigenvalue weighted by Crippen LogP contribution is 2.29. The van der Waals surface area contributed by atoms with E-state index in [2.05, 4.69) is 61.8 Å². The van der Waals surface area contributed by atoms with Gasteiger partial charge in [-0.2, -0.15) is 0 Å². The fourth-order valence-electron chi connectivity index (χ4n) is 4.92. The Hall–Kier alpha value is -2.56. The van der Waals surface area contributed by atoms with Crippen molar-refractivity contribution < 1.29 is 9.59 Å². The Bertz CT molecular complexity index is 1020. The van der Waals surface area contributed by atoms with Crippen LogP contribution in [-0.4, -0.2) is 60.6 Å². The minimum atomic E-state index is 0.146. The molecular formula is C30H40N2O2. The van der Waals surface area contributed by atoms with Crippen molar-refractivity contribution in [2.45, 2.75) is 53.4 Å². The summed E-state index contributed by atoms with van der Waals surface area (Å²) in [6.45, 7) is 13.2. The van der Waals surface area contributed by atoms with Gasteiger partial charge in [0, 0.05) is 11.1 Å². The summed E-state index contributed by atoms with van der Waals surface area (Å²) < 4.78 is 0. The van der Waals surface area contributed by atoms with Gasteiger partial charge in [-0.3, -0.25) is 19.4 Å². The van der Waals surface area contributed by atoms with Crippen LogP contribution >= 0.6 is 0 Å². The highest BCUT2D eigenvalue weighted by atomic mass is 16.1. The number of nitrogens with zero attached hydrogens (tertiary/aromatic N) is 2. The Morgan fingerprint density at radius 1 is 0.588 bits per heavy atom. The third-order valence-electron chi connectivity index (χ3n) is 6.37. The summed E-state index contributed by atoms with van der Waals surface area (Å²) >= 11 is 0. The van der Waals surface area contributed by atoms with Crippen LogP contribution in [0.5, 0.6) is 0 Å². The SMILES string of the molecule is CCCN(CCC)CC(=O)c1cccc2cc3cccc(C(=O)CN(CCC)CCC)c3cc12. The summed E-state index contributed by atoms with van der Waals surface area (Å²) in [4.78, 5) is 31.2. The van der Waals surface area contributed by atoms with Crippen molar-refractivity contribution in [2.24, 2.45) is 0 Å². The van der Waals surface area contributed by atoms with Gasteiger partial charge in [-0.15, -0.1) is 0 Å². The lowest BCUT2D eigenvalue weighted by atomic mass is 9.94. The number of hydrogen-bond acceptors (Lipinski definition) is 4. The lowest BCUT2D eigenvalue weighted by Crippen LogP contribution is -2.31. The molecule has 0 spiro atoms. The van der Waals surface area contributed by atoms with E-state index in [0.29, 0.717) is 13.1 Å². The summed E-state index contributed by atoms with van der Waals surface area (Å²) in [5.41, 5.74) is 1.50. The van der Waals surface area contributed by atoms with Crippen molar-refractivity contribution in [3.63, 3.8) is 0 Å². The summed E-state index contributed by atoms with van der Waals surface area (Å²) in [7, 11) is 0. The van der Waals surface area contributed by atoms with Crippen LogP contribution in [0.1, 0.15) is 74.1 Å². The second-order valence-corrected chi connectivity index (χ2v) is 9.30. The number of carbonyl (C=O) groups excluding carboxylic acids is 2. The molecule has 4 heteroatoms. The zero-order chi connectivity index (χ0) is 24.5. The van der Waals surface area contributed by atoms with Crippen LogP contribution in [0.4, 0.5) is 0 Å². The molecule has 3 aromatic carbocycles. The molecule has 0 unspecified atom stereocenters. The Labute approximate surface area is 204 Å². The van der Waals surface area contributed by atoms with Crippen LogP contribution in [0.25, 0.3) is 21.5 Å². The zero-order valence-corrected chi connectivity index (χ0v) is 21.4. The zero-order valence-electron chi connectivity index (χ0n) is 21.4. The second kappa shape index (κ2) is 12.8. The summed E-state index contributed by atoms with van der Waals surface area (Å²) in [6.07, 6.45) is 4.13.